The average Bonchev–Trinajstić information content (AvgIpc) is 2.36. The first-order chi connectivity index (χ1) is 8.63. The van der Waals surface area contributed by atoms with E-state index in [0.29, 0.717) is 18.6 Å². The summed E-state index contributed by atoms with van der Waals surface area (Å²) in [7, 11) is 2.12. The van der Waals surface area contributed by atoms with Crippen molar-refractivity contribution in [3.8, 4) is 0 Å². The molecule has 0 heterocycles. The maximum Gasteiger partial charge on any atom is 0.0596 e. The fourth-order valence-electron chi connectivity index (χ4n) is 1.95. The molecule has 102 valence electrons. The van der Waals surface area contributed by atoms with Crippen LogP contribution in [0.5, 0.6) is 0 Å². The van der Waals surface area contributed by atoms with Gasteiger partial charge in [0, 0.05) is 25.6 Å². The zero-order valence-corrected chi connectivity index (χ0v) is 11.8. The summed E-state index contributed by atoms with van der Waals surface area (Å²) in [5.41, 5.74) is 7.19. The first-order valence-corrected chi connectivity index (χ1v) is 6.68. The number of hydrogen-bond donors (Lipinski definition) is 1. The van der Waals surface area contributed by atoms with E-state index in [1.54, 1.807) is 0 Å². The first kappa shape index (κ1) is 15.2. The second-order valence-electron chi connectivity index (χ2n) is 5.03. The zero-order chi connectivity index (χ0) is 13.4. The number of hydrogen-bond acceptors (Lipinski definition) is 3. The van der Waals surface area contributed by atoms with Gasteiger partial charge in [0.25, 0.3) is 0 Å². The van der Waals surface area contributed by atoms with Crippen LogP contribution in [0.1, 0.15) is 25.3 Å². The highest BCUT2D eigenvalue weighted by atomic mass is 16.5. The molecule has 0 radical (unpaired) electrons. The van der Waals surface area contributed by atoms with E-state index in [-0.39, 0.29) is 0 Å². The molecular weight excluding hydrogens is 224 g/mol. The van der Waals surface area contributed by atoms with Crippen LogP contribution in [0.4, 0.5) is 0 Å². The summed E-state index contributed by atoms with van der Waals surface area (Å²) in [6.45, 7) is 7.50. The van der Waals surface area contributed by atoms with Gasteiger partial charge >= 0.3 is 0 Å². The Hall–Kier alpha value is -0.900. The van der Waals surface area contributed by atoms with Crippen molar-refractivity contribution in [1.82, 2.24) is 4.90 Å². The van der Waals surface area contributed by atoms with Crippen molar-refractivity contribution >= 4 is 0 Å². The molecule has 0 aliphatic rings. The van der Waals surface area contributed by atoms with Gasteiger partial charge in [-0.1, -0.05) is 30.3 Å². The van der Waals surface area contributed by atoms with Crippen LogP contribution in [0.2, 0.25) is 0 Å². The van der Waals surface area contributed by atoms with Crippen molar-refractivity contribution in [2.75, 3.05) is 33.3 Å². The highest BCUT2D eigenvalue weighted by Crippen LogP contribution is 2.14. The van der Waals surface area contributed by atoms with Crippen LogP contribution in [-0.2, 0) is 4.74 Å². The van der Waals surface area contributed by atoms with Crippen LogP contribution in [0, 0.1) is 0 Å². The van der Waals surface area contributed by atoms with Gasteiger partial charge in [-0.05, 0) is 26.5 Å². The lowest BCUT2D eigenvalue weighted by molar-refractivity contribution is 0.0630. The van der Waals surface area contributed by atoms with E-state index in [2.05, 4.69) is 50.1 Å². The Morgan fingerprint density at radius 1 is 1.22 bits per heavy atom. The van der Waals surface area contributed by atoms with E-state index >= 15 is 0 Å². The molecule has 0 fully saturated rings. The van der Waals surface area contributed by atoms with Gasteiger partial charge in [-0.25, -0.2) is 0 Å². The molecule has 0 saturated heterocycles. The van der Waals surface area contributed by atoms with Crippen LogP contribution in [0.15, 0.2) is 30.3 Å². The van der Waals surface area contributed by atoms with Gasteiger partial charge in [-0.2, -0.15) is 0 Å². The van der Waals surface area contributed by atoms with Crippen molar-refractivity contribution in [3.05, 3.63) is 35.9 Å². The lowest BCUT2D eigenvalue weighted by Gasteiger charge is -2.23. The van der Waals surface area contributed by atoms with Gasteiger partial charge in [0.05, 0.1) is 12.7 Å². The molecule has 0 amide bonds. The summed E-state index contributed by atoms with van der Waals surface area (Å²) < 4.78 is 5.56. The Balaban J connectivity index is 2.39. The second kappa shape index (κ2) is 8.25. The van der Waals surface area contributed by atoms with E-state index in [0.717, 1.165) is 19.7 Å². The minimum atomic E-state index is 0.304. The van der Waals surface area contributed by atoms with Crippen LogP contribution < -0.4 is 5.73 Å². The highest BCUT2D eigenvalue weighted by molar-refractivity contribution is 5.20. The Bertz CT molecular complexity index is 314. The zero-order valence-electron chi connectivity index (χ0n) is 11.8. The Morgan fingerprint density at radius 3 is 2.44 bits per heavy atom. The maximum absolute atomic E-state index is 5.87. The summed E-state index contributed by atoms with van der Waals surface area (Å²) in [5.74, 6) is 0.398. The predicted octanol–water partition coefficient (Wildman–Crippen LogP) is 2.09. The van der Waals surface area contributed by atoms with E-state index in [4.69, 9.17) is 10.5 Å². The topological polar surface area (TPSA) is 38.5 Å². The smallest absolute Gasteiger partial charge is 0.0596 e. The molecule has 0 spiro atoms. The lowest BCUT2D eigenvalue weighted by atomic mass is 9.99. The summed E-state index contributed by atoms with van der Waals surface area (Å²) in [6.07, 6.45) is 0.304. The summed E-state index contributed by atoms with van der Waals surface area (Å²) in [6, 6.07) is 10.5. The molecule has 3 nitrogen and oxygen atoms in total. The lowest BCUT2D eigenvalue weighted by Crippen LogP contribution is -2.31. The standard InChI is InChI=1S/C15H26N2O/c1-13(2)18-10-9-17(3)12-15(11-16)14-7-5-4-6-8-14/h4-8,13,15H,9-12,16H2,1-3H3. The predicted molar refractivity (Wildman–Crippen MR) is 76.8 cm³/mol. The van der Waals surface area contributed by atoms with Crippen molar-refractivity contribution in [2.24, 2.45) is 5.73 Å². The molecule has 0 aliphatic carbocycles. The number of rotatable bonds is 8. The number of nitrogens with zero attached hydrogens (tertiary/aromatic N) is 1. The molecule has 2 N–H and O–H groups in total. The minimum absolute atomic E-state index is 0.304. The molecule has 0 bridgehead atoms. The third-order valence-electron chi connectivity index (χ3n) is 3.01. The Morgan fingerprint density at radius 2 is 1.89 bits per heavy atom. The number of benzene rings is 1. The van der Waals surface area contributed by atoms with Gasteiger partial charge in [0.2, 0.25) is 0 Å². The first-order valence-electron chi connectivity index (χ1n) is 6.68. The Labute approximate surface area is 111 Å². The number of ether oxygens (including phenoxy) is 1. The van der Waals surface area contributed by atoms with E-state index in [1.807, 2.05) is 6.07 Å². The number of likely N-dealkylation sites (N-methyl/N-ethyl adjacent to an activating group) is 1. The molecule has 3 heteroatoms. The molecule has 1 aromatic carbocycles. The van der Waals surface area contributed by atoms with Gasteiger partial charge in [0.15, 0.2) is 0 Å². The highest BCUT2D eigenvalue weighted by Gasteiger charge is 2.12. The molecule has 1 rings (SSSR count). The maximum atomic E-state index is 5.87. The average molecular weight is 250 g/mol. The molecule has 1 unspecified atom stereocenters. The van der Waals surface area contributed by atoms with Gasteiger partial charge in [-0.3, -0.25) is 0 Å². The van der Waals surface area contributed by atoms with Crippen LogP contribution >= 0.6 is 0 Å². The Kier molecular flexibility index (Phi) is 6.94. The molecular formula is C15H26N2O. The number of nitrogens with two attached hydrogens (primary N) is 1. The summed E-state index contributed by atoms with van der Waals surface area (Å²) in [4.78, 5) is 2.28. The third-order valence-corrected chi connectivity index (χ3v) is 3.01. The normalized spacial score (nSPS) is 13.2. The van der Waals surface area contributed by atoms with Crippen molar-refractivity contribution < 1.29 is 4.74 Å². The largest absolute Gasteiger partial charge is 0.377 e. The second-order valence-corrected chi connectivity index (χ2v) is 5.03. The molecule has 1 aromatic rings. The van der Waals surface area contributed by atoms with Gasteiger partial charge in [-0.15, -0.1) is 0 Å². The van der Waals surface area contributed by atoms with Crippen LogP contribution in [0.25, 0.3) is 0 Å². The van der Waals surface area contributed by atoms with E-state index < -0.39 is 0 Å². The van der Waals surface area contributed by atoms with Crippen molar-refractivity contribution in [1.29, 1.82) is 0 Å². The van der Waals surface area contributed by atoms with Gasteiger partial charge in [0.1, 0.15) is 0 Å². The van der Waals surface area contributed by atoms with Crippen LogP contribution in [0.3, 0.4) is 0 Å². The fourth-order valence-corrected chi connectivity index (χ4v) is 1.95. The summed E-state index contributed by atoms with van der Waals surface area (Å²) in [5, 5.41) is 0. The molecule has 0 aliphatic heterocycles. The molecule has 18 heavy (non-hydrogen) atoms. The summed E-state index contributed by atoms with van der Waals surface area (Å²) >= 11 is 0. The SMILES string of the molecule is CC(C)OCCN(C)CC(CN)c1ccccc1. The van der Waals surface area contributed by atoms with E-state index in [9.17, 15) is 0 Å². The quantitative estimate of drug-likeness (QED) is 0.768. The van der Waals surface area contributed by atoms with Crippen molar-refractivity contribution in [3.63, 3.8) is 0 Å². The third kappa shape index (κ3) is 5.63. The van der Waals surface area contributed by atoms with E-state index in [1.165, 1.54) is 5.56 Å². The minimum Gasteiger partial charge on any atom is -0.377 e. The fraction of sp³-hybridized carbons (Fsp3) is 0.600. The molecule has 0 aromatic heterocycles. The van der Waals surface area contributed by atoms with Crippen LogP contribution in [-0.4, -0.2) is 44.3 Å². The molecule has 0 saturated carbocycles. The van der Waals surface area contributed by atoms with Gasteiger partial charge < -0.3 is 15.4 Å². The monoisotopic (exact) mass is 250 g/mol. The van der Waals surface area contributed by atoms with Crippen molar-refractivity contribution in [2.45, 2.75) is 25.9 Å². The molecule has 1 atom stereocenters.